The molecule has 2 saturated heterocycles. The van der Waals surface area contributed by atoms with E-state index < -0.39 is 59.4 Å². The number of methoxy groups -OCH3 is 1. The number of nitrogens with one attached hydrogen (secondary N) is 3. The van der Waals surface area contributed by atoms with Gasteiger partial charge in [-0.1, -0.05) is 52.5 Å². The zero-order valence-electron chi connectivity index (χ0n) is 68.7. The number of thiophene rings is 5. The van der Waals surface area contributed by atoms with Crippen molar-refractivity contribution in [2.24, 2.45) is 47.1 Å². The molecule has 670 valence electrons. The summed E-state index contributed by atoms with van der Waals surface area (Å²) in [6, 6.07) is 21.5. The Morgan fingerprint density at radius 3 is 1.13 bits per heavy atom. The number of aryl methyl sites for hydroxylation is 5. The maximum atomic E-state index is 13.0. The van der Waals surface area contributed by atoms with Gasteiger partial charge < -0.3 is 35.4 Å². The van der Waals surface area contributed by atoms with Crippen LogP contribution in [0.3, 0.4) is 0 Å². The third kappa shape index (κ3) is 27.3. The van der Waals surface area contributed by atoms with Gasteiger partial charge in [-0.05, 0) is 167 Å². The van der Waals surface area contributed by atoms with Gasteiger partial charge in [0.15, 0.2) is 0 Å². The van der Waals surface area contributed by atoms with E-state index in [4.69, 9.17) is 4.74 Å². The lowest BCUT2D eigenvalue weighted by Gasteiger charge is -2.33. The molecular formula is C81H95F15N16O6S5. The highest BCUT2D eigenvalue weighted by Gasteiger charge is 2.40. The molecule has 42 heteroatoms. The molecule has 0 unspecified atom stereocenters. The van der Waals surface area contributed by atoms with Crippen LogP contribution in [-0.2, 0) is 70.9 Å². The van der Waals surface area contributed by atoms with Gasteiger partial charge in [0.2, 0.25) is 0 Å². The van der Waals surface area contributed by atoms with E-state index in [1.807, 2.05) is 9.80 Å². The van der Waals surface area contributed by atoms with Crippen molar-refractivity contribution in [3.8, 4) is 52.9 Å². The number of nitrogens with zero attached hydrogens (tertiary/aromatic N) is 13. The highest BCUT2D eigenvalue weighted by molar-refractivity contribution is 7.18. The second-order valence-corrected chi connectivity index (χ2v) is 35.1. The van der Waals surface area contributed by atoms with Crippen LogP contribution < -0.4 is 16.0 Å². The lowest BCUT2D eigenvalue weighted by atomic mass is 9.94. The van der Waals surface area contributed by atoms with Gasteiger partial charge in [0, 0.05) is 101 Å². The maximum absolute atomic E-state index is 13.0. The molecular weight excluding hydrogens is 1740 g/mol. The zero-order valence-corrected chi connectivity index (χ0v) is 72.8. The molecule has 0 aromatic carbocycles. The molecule has 10 aromatic rings. The van der Waals surface area contributed by atoms with Crippen molar-refractivity contribution in [1.29, 1.82) is 0 Å². The number of halogens is 15. The summed E-state index contributed by atoms with van der Waals surface area (Å²) >= 11 is 5.74. The molecule has 1 aliphatic carbocycles. The van der Waals surface area contributed by atoms with Crippen LogP contribution in [0.15, 0.2) is 104 Å². The average molecular weight is 1830 g/mol. The fourth-order valence-corrected chi connectivity index (χ4v) is 17.8. The van der Waals surface area contributed by atoms with Crippen LogP contribution in [0.2, 0.25) is 0 Å². The summed E-state index contributed by atoms with van der Waals surface area (Å²) in [6.45, 7) is 17.1. The van der Waals surface area contributed by atoms with Crippen LogP contribution >= 0.6 is 56.7 Å². The topological polar surface area (TPSA) is 229 Å². The van der Waals surface area contributed by atoms with Gasteiger partial charge in [0.25, 0.3) is 29.5 Å². The molecule has 0 atom stereocenters. The zero-order chi connectivity index (χ0) is 90.1. The van der Waals surface area contributed by atoms with Crippen LogP contribution in [0.1, 0.15) is 175 Å². The first-order valence-corrected chi connectivity index (χ1v) is 43.3. The number of carbonyl (C=O) groups is 5. The van der Waals surface area contributed by atoms with Crippen molar-refractivity contribution < 1.29 is 94.6 Å². The largest absolute Gasteiger partial charge is 0.433 e. The Bertz CT molecular complexity index is 5140. The summed E-state index contributed by atoms with van der Waals surface area (Å²) in [5, 5.41) is 27.9. The number of aromatic nitrogens is 10. The summed E-state index contributed by atoms with van der Waals surface area (Å²) in [5.74, 6) is 0.296. The van der Waals surface area contributed by atoms with E-state index in [-0.39, 0.29) is 64.0 Å². The molecule has 5 amide bonds. The van der Waals surface area contributed by atoms with Crippen LogP contribution in [0.4, 0.5) is 65.9 Å². The standard InChI is InChI=1S/C19H22F3N3OS.C17H21F3N4OS.C16H18F3N3OS.C15H18F3N3OS.C14H16F3N3O2S/c1-3-11-25(13-7-5-4-6-8-13)18(26)16-10-9-15(27-16)14-12-17(19(20,21)22)24(2)23-14;1-23-15(17(18,19)20)11-12(22-23)13-5-6-14(26-13)16(25)21-7-10-24-8-3-2-4-9-24;1-10-5-7-22(8-6-10)15(23)13-4-3-12(24-13)11-9-14(16(17,18)19)21(2)20-11;1-9(2)6-7-19-14(22)12-5-4-11(23-12)10-8-13(15(16,17)18)21(3)20-10;1-20-12(14(15,16)17)8-9(19-20)10-4-5-11(23-10)13(21)18-6-3-7-22-2/h3,9-10,12-13H,1,4-8,11H2,2H3;5-6,11H,2-4,7-10H2,1H3,(H,21,25);3-4,9-10H,5-8H2,1-2H3;4-5,8-9H,6-7H2,1-3H3,(H,19,22);4-5,8H,3,6-7H2,1-2H3,(H,18,21). The molecule has 123 heavy (non-hydrogen) atoms. The van der Waals surface area contributed by atoms with Crippen molar-refractivity contribution in [1.82, 2.24) is 79.6 Å². The van der Waals surface area contributed by atoms with E-state index in [9.17, 15) is 89.8 Å². The van der Waals surface area contributed by atoms with E-state index >= 15 is 0 Å². The summed E-state index contributed by atoms with van der Waals surface area (Å²) in [7, 11) is 7.86. The third-order valence-electron chi connectivity index (χ3n) is 19.9. The molecule has 22 nitrogen and oxygen atoms in total. The number of alkyl halides is 15. The minimum absolute atomic E-state index is 0.0508. The fraction of sp³-hybridized carbons (Fsp3) is 0.481. The fourth-order valence-electron chi connectivity index (χ4n) is 13.3. The number of likely N-dealkylation sites (tertiary alicyclic amines) is 2. The first kappa shape index (κ1) is 97.3. The van der Waals surface area contributed by atoms with E-state index in [0.29, 0.717) is 99.8 Å². The van der Waals surface area contributed by atoms with Gasteiger partial charge in [-0.2, -0.15) is 91.3 Å². The predicted molar refractivity (Wildman–Crippen MR) is 443 cm³/mol. The Hall–Kier alpha value is -9.49. The number of rotatable bonds is 23. The number of amides is 5. The van der Waals surface area contributed by atoms with Crippen LogP contribution in [0.5, 0.6) is 0 Å². The Labute approximate surface area is 720 Å². The molecule has 12 heterocycles. The lowest BCUT2D eigenvalue weighted by Crippen LogP contribution is -2.41. The number of piperidine rings is 2. The summed E-state index contributed by atoms with van der Waals surface area (Å²) in [5.41, 5.74) is -2.98. The molecule has 1 saturated carbocycles. The van der Waals surface area contributed by atoms with Crippen molar-refractivity contribution >= 4 is 86.2 Å². The molecule has 0 radical (unpaired) electrons. The summed E-state index contributed by atoms with van der Waals surface area (Å²) < 4.78 is 202. The van der Waals surface area contributed by atoms with Crippen LogP contribution in [-0.4, -0.2) is 172 Å². The highest BCUT2D eigenvalue weighted by Crippen LogP contribution is 2.41. The minimum atomic E-state index is -4.46. The number of hydrogen-bond donors (Lipinski definition) is 3. The summed E-state index contributed by atoms with van der Waals surface area (Å²) in [4.78, 5) is 72.8. The quantitative estimate of drug-likeness (QED) is 0.0309. The molecule has 10 aromatic heterocycles. The number of ether oxygens (including phenoxy) is 1. The Morgan fingerprint density at radius 2 is 0.789 bits per heavy atom. The average Bonchev–Trinajstić information content (AvgIpc) is 1.67. The van der Waals surface area contributed by atoms with Gasteiger partial charge in [0.1, 0.15) is 56.9 Å². The lowest BCUT2D eigenvalue weighted by molar-refractivity contribution is -0.144. The Morgan fingerprint density at radius 1 is 0.463 bits per heavy atom. The van der Waals surface area contributed by atoms with Crippen molar-refractivity contribution in [3.63, 3.8) is 0 Å². The molecule has 13 rings (SSSR count). The monoisotopic (exact) mass is 1830 g/mol. The Kier molecular flexibility index (Phi) is 34.0. The van der Waals surface area contributed by atoms with Gasteiger partial charge in [0.05, 0.1) is 48.8 Å². The molecule has 3 aliphatic rings. The predicted octanol–water partition coefficient (Wildman–Crippen LogP) is 19.4. The molecule has 0 spiro atoms. The second kappa shape index (κ2) is 42.9. The summed E-state index contributed by atoms with van der Waals surface area (Å²) in [6.07, 6.45) is -7.98. The van der Waals surface area contributed by atoms with Crippen molar-refractivity contribution in [2.75, 3.05) is 72.6 Å². The van der Waals surface area contributed by atoms with E-state index in [0.717, 1.165) is 165 Å². The maximum Gasteiger partial charge on any atom is 0.433 e. The third-order valence-corrected chi connectivity index (χ3v) is 25.4. The van der Waals surface area contributed by atoms with Gasteiger partial charge in [-0.15, -0.1) is 63.3 Å². The normalized spacial score (nSPS) is 14.5. The molecule has 0 bridgehead atoms. The first-order chi connectivity index (χ1) is 57.9. The Balaban J connectivity index is 0.000000175. The molecule has 2 aliphatic heterocycles. The first-order valence-electron chi connectivity index (χ1n) is 39.3. The van der Waals surface area contributed by atoms with E-state index in [1.54, 1.807) is 73.8 Å². The second-order valence-electron chi connectivity index (χ2n) is 29.7. The van der Waals surface area contributed by atoms with Crippen LogP contribution in [0, 0.1) is 11.8 Å². The van der Waals surface area contributed by atoms with E-state index in [2.05, 4.69) is 73.7 Å². The molecule has 3 N–H and O–H groups in total. The number of carbonyl (C=O) groups excluding carboxylic acids is 5. The van der Waals surface area contributed by atoms with Crippen molar-refractivity contribution in [2.45, 2.75) is 135 Å². The van der Waals surface area contributed by atoms with Gasteiger partial charge in [-0.25, -0.2) is 0 Å². The van der Waals surface area contributed by atoms with Gasteiger partial charge in [-0.3, -0.25) is 47.4 Å². The minimum Gasteiger partial charge on any atom is -0.385 e. The smallest absolute Gasteiger partial charge is 0.385 e. The van der Waals surface area contributed by atoms with Gasteiger partial charge >= 0.3 is 30.9 Å². The SMILES string of the molecule is C=CCN(C(=O)c1ccc(-c2cc(C(F)(F)F)n(C)n2)s1)C1CCCCC1.CC(C)CCNC(=O)c1ccc(-c2cc(C(F)(F)F)n(C)n2)s1.CC1CCN(C(=O)c2ccc(-c3cc(C(F)(F)F)n(C)n3)s2)CC1.COCCCNC(=O)c1ccc(-c2cc(C(F)(F)F)n(C)n2)s1.Cn1nc(-c2ccc(C(=O)NCCN3CCCCC3)s2)cc1C(F)(F)F. The number of hydrogen-bond acceptors (Lipinski definition) is 17. The van der Waals surface area contributed by atoms with E-state index in [1.165, 1.54) is 83.6 Å². The van der Waals surface area contributed by atoms with Crippen LogP contribution in [0.25, 0.3) is 52.9 Å². The van der Waals surface area contributed by atoms with Crippen molar-refractivity contribution in [3.05, 3.63) is 157 Å². The highest BCUT2D eigenvalue weighted by atomic mass is 32.1. The molecule has 3 fully saturated rings.